The van der Waals surface area contributed by atoms with E-state index in [1.165, 1.54) is 42.0 Å². The summed E-state index contributed by atoms with van der Waals surface area (Å²) < 4.78 is 78.5. The lowest BCUT2D eigenvalue weighted by Crippen LogP contribution is -2.41. The maximum Gasteiger partial charge on any atom is 0.495 e. The van der Waals surface area contributed by atoms with Gasteiger partial charge in [-0.1, -0.05) is 92.8 Å². The number of hydrogen-bond acceptors (Lipinski definition) is 3. The lowest BCUT2D eigenvalue weighted by atomic mass is 9.75. The molecule has 0 spiro atoms. The lowest BCUT2D eigenvalue weighted by Gasteiger charge is -2.32. The molecule has 12 heteroatoms. The summed E-state index contributed by atoms with van der Waals surface area (Å²) in [7, 11) is -0.491. The molecule has 0 unspecified atom stereocenters. The van der Waals surface area contributed by atoms with E-state index in [1.54, 1.807) is 45.9 Å². The first kappa shape index (κ1) is 51.1. The zero-order valence-corrected chi connectivity index (χ0v) is 39.7. The van der Waals surface area contributed by atoms with Crippen LogP contribution < -0.4 is 5.46 Å². The summed E-state index contributed by atoms with van der Waals surface area (Å²) in [5.74, 6) is -1.55. The van der Waals surface area contributed by atoms with Crippen molar-refractivity contribution in [1.29, 1.82) is 0 Å². The van der Waals surface area contributed by atoms with Crippen LogP contribution in [0.2, 0.25) is 0 Å². The topological polar surface area (TPSA) is 38.7 Å². The molecule has 5 aromatic rings. The van der Waals surface area contributed by atoms with Crippen LogP contribution >= 0.6 is 47.8 Å². The van der Waals surface area contributed by atoms with E-state index in [1.807, 2.05) is 52.0 Å². The van der Waals surface area contributed by atoms with Crippen LogP contribution in [0.1, 0.15) is 87.4 Å². The van der Waals surface area contributed by atoms with Crippen molar-refractivity contribution in [3.8, 4) is 5.75 Å². The molecule has 0 aromatic heterocycles. The predicted octanol–water partition coefficient (Wildman–Crippen LogP) is 14.3. The van der Waals surface area contributed by atoms with Gasteiger partial charge in [-0.25, -0.2) is 22.0 Å². The number of halogens is 8. The third-order valence-electron chi connectivity index (χ3n) is 9.68. The van der Waals surface area contributed by atoms with Crippen LogP contribution in [0, 0.1) is 56.8 Å². The standard InChI is InChI=1S/C15H22BFO2.C9H10BrF.C9H11F.C7H6BrF.C6H4BrFO/c1-7-11-8-10(2)13(17)9-12(11)16-18-14(3,4)15(5,6)19-16;1-3-7-4-6(2)9(11)5-8(7)10;1-3-8-4-5-9(10)7(2)6-8;1-5-4-6(8)2-3-7(5)9;7-4-1-2-5(8)6(9)3-4/h8-9H,7H2,1-6H3;4-5H,3H2,1-2H3;4-6H,3H2,1-2H3;2-4H,1H3;1-3,9H. The SMILES string of the molecule is CCc1cc(C)c(F)cc1B1OC(C)(C)C(C)(C)O1.CCc1cc(C)c(F)cc1Br.CCc1ccc(F)c(C)c1.Cc1cc(Br)ccc1F.Oc1cc(Br)ccc1F. The molecule has 1 aliphatic rings. The lowest BCUT2D eigenvalue weighted by molar-refractivity contribution is 0.00578. The van der Waals surface area contributed by atoms with E-state index in [2.05, 4.69) is 68.6 Å². The second-order valence-electron chi connectivity index (χ2n) is 14.7. The van der Waals surface area contributed by atoms with E-state index in [0.29, 0.717) is 21.2 Å². The van der Waals surface area contributed by atoms with E-state index in [4.69, 9.17) is 14.4 Å². The molecule has 1 heterocycles. The van der Waals surface area contributed by atoms with Gasteiger partial charge in [0.1, 0.15) is 23.3 Å². The first-order valence-corrected chi connectivity index (χ1v) is 21.2. The summed E-state index contributed by atoms with van der Waals surface area (Å²) in [5, 5.41) is 8.70. The minimum Gasteiger partial charge on any atom is -0.505 e. The van der Waals surface area contributed by atoms with E-state index in [9.17, 15) is 22.0 Å². The first-order chi connectivity index (χ1) is 27.0. The van der Waals surface area contributed by atoms with Gasteiger partial charge in [0, 0.05) is 13.4 Å². The van der Waals surface area contributed by atoms with Crippen molar-refractivity contribution in [3.05, 3.63) is 160 Å². The van der Waals surface area contributed by atoms with Gasteiger partial charge in [0.15, 0.2) is 11.6 Å². The predicted molar refractivity (Wildman–Crippen MR) is 240 cm³/mol. The minimum atomic E-state index is -0.599. The zero-order valence-electron chi connectivity index (χ0n) is 35.0. The molecular weight excluding hydrogens is 946 g/mol. The number of benzene rings is 5. The van der Waals surface area contributed by atoms with Gasteiger partial charge in [-0.3, -0.25) is 0 Å². The number of aryl methyl sites for hydroxylation is 7. The molecule has 1 aliphatic heterocycles. The second-order valence-corrected chi connectivity index (χ2v) is 17.4. The molecule has 1 N–H and O–H groups in total. The fraction of sp³-hybridized carbons (Fsp3) is 0.348. The van der Waals surface area contributed by atoms with Crippen molar-refractivity contribution >= 4 is 60.4 Å². The molecule has 3 nitrogen and oxygen atoms in total. The number of aromatic hydroxyl groups is 1. The molecule has 6 rings (SSSR count). The third-order valence-corrected chi connectivity index (χ3v) is 11.4. The van der Waals surface area contributed by atoms with Gasteiger partial charge < -0.3 is 14.4 Å². The zero-order chi connectivity index (χ0) is 44.1. The Morgan fingerprint density at radius 3 is 1.38 bits per heavy atom. The molecule has 5 aromatic carbocycles. The Hall–Kier alpha value is -3.03. The van der Waals surface area contributed by atoms with E-state index >= 15 is 0 Å². The molecule has 314 valence electrons. The van der Waals surface area contributed by atoms with Gasteiger partial charge >= 0.3 is 7.12 Å². The van der Waals surface area contributed by atoms with Crippen LogP contribution in [-0.2, 0) is 28.6 Å². The van der Waals surface area contributed by atoms with Gasteiger partial charge in [-0.2, -0.15) is 0 Å². The van der Waals surface area contributed by atoms with Crippen molar-refractivity contribution in [1.82, 2.24) is 0 Å². The van der Waals surface area contributed by atoms with Gasteiger partial charge in [-0.15, -0.1) is 0 Å². The molecular formula is C46H53BBr3F5O3. The summed E-state index contributed by atoms with van der Waals surface area (Å²) in [6.07, 6.45) is 2.74. The van der Waals surface area contributed by atoms with Crippen LogP contribution in [0.5, 0.6) is 5.75 Å². The fourth-order valence-electron chi connectivity index (χ4n) is 5.26. The van der Waals surface area contributed by atoms with Crippen LogP contribution in [0.3, 0.4) is 0 Å². The number of phenolic OH excluding ortho intramolecular Hbond substituents is 1. The highest BCUT2D eigenvalue weighted by Gasteiger charge is 2.52. The molecule has 0 atom stereocenters. The molecule has 0 amide bonds. The summed E-state index contributed by atoms with van der Waals surface area (Å²) in [4.78, 5) is 0. The molecule has 58 heavy (non-hydrogen) atoms. The highest BCUT2D eigenvalue weighted by atomic mass is 79.9. The molecule has 0 radical (unpaired) electrons. The van der Waals surface area contributed by atoms with Gasteiger partial charge in [0.2, 0.25) is 0 Å². The Labute approximate surface area is 367 Å². The van der Waals surface area contributed by atoms with Crippen LogP contribution in [0.25, 0.3) is 0 Å². The number of phenols is 1. The van der Waals surface area contributed by atoms with E-state index in [-0.39, 0.29) is 29.0 Å². The van der Waals surface area contributed by atoms with Crippen molar-refractivity contribution in [2.45, 2.75) is 107 Å². The van der Waals surface area contributed by atoms with Crippen molar-refractivity contribution in [2.75, 3.05) is 0 Å². The normalized spacial score (nSPS) is 13.5. The number of hydrogen-bond donors (Lipinski definition) is 1. The van der Waals surface area contributed by atoms with Crippen molar-refractivity contribution in [3.63, 3.8) is 0 Å². The van der Waals surface area contributed by atoms with Gasteiger partial charge in [-0.05, 0) is 174 Å². The smallest absolute Gasteiger partial charge is 0.495 e. The van der Waals surface area contributed by atoms with Gasteiger partial charge in [0.25, 0.3) is 0 Å². The largest absolute Gasteiger partial charge is 0.505 e. The maximum absolute atomic E-state index is 13.8. The average Bonchev–Trinajstić information content (AvgIpc) is 3.38. The Kier molecular flexibility index (Phi) is 20.4. The Morgan fingerprint density at radius 2 is 0.948 bits per heavy atom. The van der Waals surface area contributed by atoms with Crippen molar-refractivity contribution in [2.24, 2.45) is 0 Å². The summed E-state index contributed by atoms with van der Waals surface area (Å²) >= 11 is 9.60. The second kappa shape index (κ2) is 23.1. The highest BCUT2D eigenvalue weighted by Crippen LogP contribution is 2.37. The van der Waals surface area contributed by atoms with Gasteiger partial charge in [0.05, 0.1) is 11.2 Å². The quantitative estimate of drug-likeness (QED) is 0.144. The molecule has 1 fully saturated rings. The molecule has 0 aliphatic carbocycles. The van der Waals surface area contributed by atoms with Crippen LogP contribution in [-0.4, -0.2) is 23.4 Å². The monoisotopic (exact) mass is 996 g/mol. The Morgan fingerprint density at radius 1 is 0.517 bits per heavy atom. The van der Waals surface area contributed by atoms with E-state index < -0.39 is 24.1 Å². The third kappa shape index (κ3) is 15.2. The van der Waals surface area contributed by atoms with Crippen LogP contribution in [0.4, 0.5) is 22.0 Å². The summed E-state index contributed by atoms with van der Waals surface area (Å²) in [5.41, 5.74) is 6.23. The number of rotatable bonds is 4. The average molecular weight is 999 g/mol. The molecule has 0 saturated carbocycles. The Balaban J connectivity index is 0.000000260. The van der Waals surface area contributed by atoms with Crippen LogP contribution in [0.15, 0.2) is 92.3 Å². The fourth-order valence-corrected chi connectivity index (χ4v) is 6.68. The van der Waals surface area contributed by atoms with E-state index in [0.717, 1.165) is 50.4 Å². The molecule has 1 saturated heterocycles. The maximum atomic E-state index is 13.8. The highest BCUT2D eigenvalue weighted by molar-refractivity contribution is 9.11. The Bertz CT molecular complexity index is 2060. The van der Waals surface area contributed by atoms with Crippen molar-refractivity contribution < 1.29 is 36.4 Å². The first-order valence-electron chi connectivity index (χ1n) is 18.9. The summed E-state index contributed by atoms with van der Waals surface area (Å²) in [6, 6.07) is 21.0. The minimum absolute atomic E-state index is 0.114. The molecule has 0 bridgehead atoms. The summed E-state index contributed by atoms with van der Waals surface area (Å²) in [6.45, 7) is 21.3.